The molecule has 0 bridgehead atoms. The van der Waals surface area contributed by atoms with E-state index in [-0.39, 0.29) is 23.7 Å². The van der Waals surface area contributed by atoms with E-state index in [4.69, 9.17) is 4.74 Å². The number of aromatic hydroxyl groups is 2. The van der Waals surface area contributed by atoms with Crippen LogP contribution in [0.2, 0.25) is 0 Å². The van der Waals surface area contributed by atoms with Gasteiger partial charge in [0, 0.05) is 0 Å². The quantitative estimate of drug-likeness (QED) is 0.810. The lowest BCUT2D eigenvalue weighted by molar-refractivity contribution is 0.0518. The molecule has 21 heavy (non-hydrogen) atoms. The van der Waals surface area contributed by atoms with Crippen LogP contribution in [-0.4, -0.2) is 10.2 Å². The van der Waals surface area contributed by atoms with Gasteiger partial charge in [0.15, 0.2) is 0 Å². The first kappa shape index (κ1) is 13.7. The molecule has 0 aromatic heterocycles. The Kier molecular flexibility index (Phi) is 3.43. The third kappa shape index (κ3) is 2.52. The summed E-state index contributed by atoms with van der Waals surface area (Å²) in [5.41, 5.74) is 4.45. The van der Waals surface area contributed by atoms with Crippen LogP contribution < -0.4 is 0 Å². The monoisotopic (exact) mass is 282 g/mol. The van der Waals surface area contributed by atoms with Crippen LogP contribution in [0.4, 0.5) is 0 Å². The molecule has 0 saturated heterocycles. The number of phenolic OH excluding ortho intramolecular Hbond substituents is 2. The molecule has 2 atom stereocenters. The second kappa shape index (κ2) is 5.26. The molecular weight excluding hydrogens is 264 g/mol. The lowest BCUT2D eigenvalue weighted by atomic mass is 9.97. The Bertz CT molecular complexity index is 609. The van der Waals surface area contributed by atoms with Gasteiger partial charge < -0.3 is 14.9 Å². The molecule has 0 saturated carbocycles. The molecule has 0 aliphatic carbocycles. The summed E-state index contributed by atoms with van der Waals surface area (Å²) in [6, 6.07) is 14.2. The second-order valence-corrected chi connectivity index (χ2v) is 5.45. The van der Waals surface area contributed by atoms with Gasteiger partial charge in [0.25, 0.3) is 0 Å². The standard InChI is InChI=1S/C18H18O3/c1-11-12(2)18(14-5-9-16(20)10-6-14)21-17(11)13-3-7-15(19)8-4-13/h3-10,17-20H,1-2H3/t17-,18+. The molecule has 0 unspecified atom stereocenters. The van der Waals surface area contributed by atoms with Gasteiger partial charge >= 0.3 is 0 Å². The van der Waals surface area contributed by atoms with Crippen LogP contribution in [0.1, 0.15) is 37.2 Å². The molecule has 0 radical (unpaired) electrons. The molecule has 3 rings (SSSR count). The Morgan fingerprint density at radius 3 is 1.33 bits per heavy atom. The largest absolute Gasteiger partial charge is 0.508 e. The average Bonchev–Trinajstić information content (AvgIpc) is 2.78. The molecule has 1 heterocycles. The van der Waals surface area contributed by atoms with Crippen molar-refractivity contribution < 1.29 is 14.9 Å². The van der Waals surface area contributed by atoms with E-state index in [0.717, 1.165) is 11.1 Å². The number of phenols is 2. The number of hydrogen-bond acceptors (Lipinski definition) is 3. The molecule has 0 amide bonds. The van der Waals surface area contributed by atoms with E-state index in [0.29, 0.717) is 0 Å². The predicted molar refractivity (Wildman–Crippen MR) is 81.2 cm³/mol. The van der Waals surface area contributed by atoms with Crippen molar-refractivity contribution in [3.63, 3.8) is 0 Å². The van der Waals surface area contributed by atoms with Crippen LogP contribution in [0.25, 0.3) is 0 Å². The summed E-state index contributed by atoms with van der Waals surface area (Å²) in [6.07, 6.45) is -0.186. The van der Waals surface area contributed by atoms with Crippen molar-refractivity contribution in [3.8, 4) is 11.5 Å². The van der Waals surface area contributed by atoms with Gasteiger partial charge in [-0.1, -0.05) is 24.3 Å². The van der Waals surface area contributed by atoms with Crippen molar-refractivity contribution >= 4 is 0 Å². The zero-order valence-corrected chi connectivity index (χ0v) is 12.1. The van der Waals surface area contributed by atoms with Crippen LogP contribution >= 0.6 is 0 Å². The molecule has 1 aliphatic heterocycles. The number of rotatable bonds is 2. The van der Waals surface area contributed by atoms with Gasteiger partial charge in [0.2, 0.25) is 0 Å². The van der Waals surface area contributed by atoms with Gasteiger partial charge in [0.05, 0.1) is 0 Å². The normalized spacial score (nSPS) is 21.8. The van der Waals surface area contributed by atoms with Gasteiger partial charge in [-0.15, -0.1) is 0 Å². The van der Waals surface area contributed by atoms with Crippen LogP contribution in [0.5, 0.6) is 11.5 Å². The van der Waals surface area contributed by atoms with Crippen molar-refractivity contribution in [2.24, 2.45) is 0 Å². The molecular formula is C18H18O3. The minimum atomic E-state index is -0.0931. The van der Waals surface area contributed by atoms with E-state index in [9.17, 15) is 10.2 Å². The van der Waals surface area contributed by atoms with Crippen molar-refractivity contribution in [1.82, 2.24) is 0 Å². The zero-order chi connectivity index (χ0) is 15.0. The van der Waals surface area contributed by atoms with E-state index in [2.05, 4.69) is 13.8 Å². The minimum absolute atomic E-state index is 0.0931. The third-order valence-electron chi connectivity index (χ3n) is 4.07. The van der Waals surface area contributed by atoms with Crippen LogP contribution in [0, 0.1) is 0 Å². The molecule has 3 heteroatoms. The Hall–Kier alpha value is -2.26. The summed E-state index contributed by atoms with van der Waals surface area (Å²) in [4.78, 5) is 0. The lowest BCUT2D eigenvalue weighted by Gasteiger charge is -2.17. The van der Waals surface area contributed by atoms with Crippen LogP contribution in [0.3, 0.4) is 0 Å². The number of hydrogen-bond donors (Lipinski definition) is 2. The molecule has 2 aromatic rings. The van der Waals surface area contributed by atoms with E-state index >= 15 is 0 Å². The molecule has 2 aromatic carbocycles. The Morgan fingerprint density at radius 1 is 0.667 bits per heavy atom. The maximum atomic E-state index is 9.40. The van der Waals surface area contributed by atoms with Gasteiger partial charge in [-0.05, 0) is 60.4 Å². The molecule has 0 fully saturated rings. The summed E-state index contributed by atoms with van der Waals surface area (Å²) < 4.78 is 6.20. The van der Waals surface area contributed by atoms with E-state index < -0.39 is 0 Å². The summed E-state index contributed by atoms with van der Waals surface area (Å²) >= 11 is 0. The third-order valence-corrected chi connectivity index (χ3v) is 4.07. The molecule has 1 aliphatic rings. The Morgan fingerprint density at radius 2 is 1.00 bits per heavy atom. The van der Waals surface area contributed by atoms with Gasteiger partial charge in [-0.25, -0.2) is 0 Å². The van der Waals surface area contributed by atoms with Crippen molar-refractivity contribution in [1.29, 1.82) is 0 Å². The topological polar surface area (TPSA) is 49.7 Å². The van der Waals surface area contributed by atoms with Crippen molar-refractivity contribution in [3.05, 3.63) is 70.8 Å². The molecule has 3 nitrogen and oxygen atoms in total. The van der Waals surface area contributed by atoms with Crippen LogP contribution in [-0.2, 0) is 4.74 Å². The molecule has 108 valence electrons. The fourth-order valence-electron chi connectivity index (χ4n) is 2.71. The Labute approximate surface area is 124 Å². The highest BCUT2D eigenvalue weighted by Gasteiger charge is 2.31. The van der Waals surface area contributed by atoms with E-state index in [1.165, 1.54) is 11.1 Å². The predicted octanol–water partition coefficient (Wildman–Crippen LogP) is 4.25. The highest BCUT2D eigenvalue weighted by atomic mass is 16.5. The first-order valence-corrected chi connectivity index (χ1v) is 6.97. The lowest BCUT2D eigenvalue weighted by Crippen LogP contribution is -2.03. The summed E-state index contributed by atoms with van der Waals surface area (Å²) in [5.74, 6) is 0.510. The zero-order valence-electron chi connectivity index (χ0n) is 12.1. The van der Waals surface area contributed by atoms with E-state index in [1.54, 1.807) is 24.3 Å². The number of ether oxygens (including phenoxy) is 1. The molecule has 2 N–H and O–H groups in total. The summed E-state index contributed by atoms with van der Waals surface area (Å²) in [7, 11) is 0. The summed E-state index contributed by atoms with van der Waals surface area (Å²) in [6.45, 7) is 4.15. The van der Waals surface area contributed by atoms with Gasteiger partial charge in [-0.3, -0.25) is 0 Å². The fraction of sp³-hybridized carbons (Fsp3) is 0.222. The number of benzene rings is 2. The van der Waals surface area contributed by atoms with Crippen molar-refractivity contribution in [2.45, 2.75) is 26.1 Å². The highest BCUT2D eigenvalue weighted by molar-refractivity contribution is 5.40. The minimum Gasteiger partial charge on any atom is -0.508 e. The second-order valence-electron chi connectivity index (χ2n) is 5.45. The van der Waals surface area contributed by atoms with Gasteiger partial charge in [0.1, 0.15) is 23.7 Å². The first-order chi connectivity index (χ1) is 10.1. The average molecular weight is 282 g/mol. The maximum absolute atomic E-state index is 9.40. The van der Waals surface area contributed by atoms with Crippen molar-refractivity contribution in [2.75, 3.05) is 0 Å². The van der Waals surface area contributed by atoms with Crippen LogP contribution in [0.15, 0.2) is 59.7 Å². The molecule has 0 spiro atoms. The van der Waals surface area contributed by atoms with Gasteiger partial charge in [-0.2, -0.15) is 0 Å². The maximum Gasteiger partial charge on any atom is 0.115 e. The fourth-order valence-corrected chi connectivity index (χ4v) is 2.71. The van der Waals surface area contributed by atoms with E-state index in [1.807, 2.05) is 24.3 Å². The Balaban J connectivity index is 1.91. The summed E-state index contributed by atoms with van der Waals surface area (Å²) in [5, 5.41) is 18.8. The highest BCUT2D eigenvalue weighted by Crippen LogP contribution is 2.45. The first-order valence-electron chi connectivity index (χ1n) is 6.97. The SMILES string of the molecule is CC1=C(C)[C@@H](c2ccc(O)cc2)O[C@H]1c1ccc(O)cc1. The smallest absolute Gasteiger partial charge is 0.115 e.